The van der Waals surface area contributed by atoms with Crippen molar-refractivity contribution in [3.05, 3.63) is 75.9 Å². The first-order valence-corrected chi connectivity index (χ1v) is 15.3. The number of ether oxygens (including phenoxy) is 1. The third-order valence-corrected chi connectivity index (χ3v) is 8.69. The van der Waals surface area contributed by atoms with Crippen LogP contribution in [0.25, 0.3) is 11.3 Å². The van der Waals surface area contributed by atoms with Gasteiger partial charge < -0.3 is 4.74 Å². The van der Waals surface area contributed by atoms with Crippen LogP contribution in [0.2, 0.25) is 5.02 Å². The average Bonchev–Trinajstić information content (AvgIpc) is 3.28. The fraction of sp³-hybridized carbons (Fsp3) is 0.414. The van der Waals surface area contributed by atoms with E-state index in [2.05, 4.69) is 33.6 Å². The van der Waals surface area contributed by atoms with E-state index in [-0.39, 0.29) is 0 Å². The molecule has 0 radical (unpaired) electrons. The zero-order valence-electron chi connectivity index (χ0n) is 21.7. The molecule has 0 spiro atoms. The van der Waals surface area contributed by atoms with Crippen molar-refractivity contribution < 1.29 is 13.2 Å². The van der Waals surface area contributed by atoms with Gasteiger partial charge in [-0.1, -0.05) is 59.8 Å². The van der Waals surface area contributed by atoms with E-state index in [4.69, 9.17) is 21.4 Å². The van der Waals surface area contributed by atoms with Crippen LogP contribution in [0, 0.1) is 11.8 Å². The summed E-state index contributed by atoms with van der Waals surface area (Å²) < 4.78 is 33.8. The maximum atomic E-state index is 12.4. The second kappa shape index (κ2) is 12.0. The van der Waals surface area contributed by atoms with Crippen LogP contribution in [-0.4, -0.2) is 73.1 Å². The van der Waals surface area contributed by atoms with Crippen LogP contribution >= 0.6 is 11.6 Å². The van der Waals surface area contributed by atoms with Crippen LogP contribution in [0.4, 0.5) is 0 Å². The van der Waals surface area contributed by atoms with Gasteiger partial charge in [0.05, 0.1) is 30.2 Å². The van der Waals surface area contributed by atoms with Crippen molar-refractivity contribution in [2.75, 3.05) is 45.6 Å². The molecule has 0 unspecified atom stereocenters. The van der Waals surface area contributed by atoms with Crippen LogP contribution in [0.5, 0.6) is 0 Å². The lowest BCUT2D eigenvalue weighted by Crippen LogP contribution is -2.37. The monoisotopic (exact) mass is 552 g/mol. The molecule has 1 saturated heterocycles. The van der Waals surface area contributed by atoms with E-state index < -0.39 is 10.0 Å². The maximum absolute atomic E-state index is 12.4. The van der Waals surface area contributed by atoms with Gasteiger partial charge in [-0.3, -0.25) is 9.58 Å². The molecule has 2 aliphatic heterocycles. The Kier molecular flexibility index (Phi) is 8.51. The van der Waals surface area contributed by atoms with Gasteiger partial charge in [-0.25, -0.2) is 8.42 Å². The van der Waals surface area contributed by atoms with Crippen molar-refractivity contribution >= 4 is 21.6 Å². The zero-order valence-corrected chi connectivity index (χ0v) is 23.3. The van der Waals surface area contributed by atoms with Crippen molar-refractivity contribution in [3.8, 4) is 23.1 Å². The fourth-order valence-electron chi connectivity index (χ4n) is 5.04. The molecule has 0 amide bonds. The summed E-state index contributed by atoms with van der Waals surface area (Å²) in [5.74, 6) is 6.45. The van der Waals surface area contributed by atoms with E-state index in [1.807, 2.05) is 36.4 Å². The van der Waals surface area contributed by atoms with Gasteiger partial charge >= 0.3 is 0 Å². The highest BCUT2D eigenvalue weighted by atomic mass is 35.5. The number of rotatable bonds is 7. The van der Waals surface area contributed by atoms with Gasteiger partial charge in [-0.05, 0) is 24.1 Å². The molecular weight excluding hydrogens is 520 g/mol. The van der Waals surface area contributed by atoms with Gasteiger partial charge in [0, 0.05) is 74.5 Å². The predicted molar refractivity (Wildman–Crippen MR) is 151 cm³/mol. The Balaban J connectivity index is 1.42. The summed E-state index contributed by atoms with van der Waals surface area (Å²) in [6, 6.07) is 15.9. The lowest BCUT2D eigenvalue weighted by molar-refractivity contribution is 0.0368. The van der Waals surface area contributed by atoms with Gasteiger partial charge in [0.2, 0.25) is 10.0 Å². The Morgan fingerprint density at radius 1 is 1.05 bits per heavy atom. The largest absolute Gasteiger partial charge is 0.379 e. The van der Waals surface area contributed by atoms with E-state index >= 15 is 0 Å². The van der Waals surface area contributed by atoms with Crippen LogP contribution in [0.1, 0.15) is 28.8 Å². The normalized spacial score (nSPS) is 16.6. The molecule has 2 aliphatic rings. The third-order valence-electron chi connectivity index (χ3n) is 7.11. The number of aromatic nitrogens is 2. The lowest BCUT2D eigenvalue weighted by Gasteiger charge is -2.27. The third kappa shape index (κ3) is 6.48. The second-order valence-corrected chi connectivity index (χ2v) is 12.2. The van der Waals surface area contributed by atoms with Crippen LogP contribution in [0.3, 0.4) is 0 Å². The molecule has 9 heteroatoms. The molecule has 1 aromatic heterocycles. The summed E-state index contributed by atoms with van der Waals surface area (Å²) in [5.41, 5.74) is 5.69. The quantitative estimate of drug-likeness (QED) is 0.417. The summed E-state index contributed by atoms with van der Waals surface area (Å²) in [6.45, 7) is 6.07. The van der Waals surface area contributed by atoms with Crippen molar-refractivity contribution in [3.63, 3.8) is 0 Å². The number of nitrogens with zero attached hydrogens (tertiary/aromatic N) is 4. The minimum atomic E-state index is -3.31. The Bertz CT molecular complexity index is 1440. The smallest absolute Gasteiger partial charge is 0.211 e. The molecule has 0 aliphatic carbocycles. The van der Waals surface area contributed by atoms with Gasteiger partial charge in [0.15, 0.2) is 0 Å². The van der Waals surface area contributed by atoms with E-state index in [1.54, 1.807) is 0 Å². The Morgan fingerprint density at radius 2 is 1.84 bits per heavy atom. The minimum absolute atomic E-state index is 0.324. The molecule has 0 saturated carbocycles. The van der Waals surface area contributed by atoms with E-state index in [0.29, 0.717) is 31.0 Å². The molecule has 0 atom stereocenters. The number of aryl methyl sites for hydroxylation is 1. The van der Waals surface area contributed by atoms with Gasteiger partial charge in [-0.2, -0.15) is 9.40 Å². The molecular formula is C29H33ClN4O3S. The van der Waals surface area contributed by atoms with Crippen LogP contribution < -0.4 is 0 Å². The molecule has 38 heavy (non-hydrogen) atoms. The number of halogens is 1. The summed E-state index contributed by atoms with van der Waals surface area (Å²) in [7, 11) is -3.31. The number of sulfonamides is 1. The molecule has 7 nitrogen and oxygen atoms in total. The Morgan fingerprint density at radius 3 is 2.61 bits per heavy atom. The number of benzene rings is 2. The first-order valence-electron chi connectivity index (χ1n) is 13.0. The zero-order chi connectivity index (χ0) is 26.5. The van der Waals surface area contributed by atoms with Crippen LogP contribution in [-0.2, 0) is 40.7 Å². The highest BCUT2D eigenvalue weighted by molar-refractivity contribution is 7.88. The lowest BCUT2D eigenvalue weighted by atomic mass is 10.0. The van der Waals surface area contributed by atoms with E-state index in [0.717, 1.165) is 79.5 Å². The summed E-state index contributed by atoms with van der Waals surface area (Å²) in [5, 5.41) is 5.61. The first-order chi connectivity index (χ1) is 18.4. The summed E-state index contributed by atoms with van der Waals surface area (Å²) >= 11 is 6.51. The molecule has 0 N–H and O–H groups in total. The molecule has 3 heterocycles. The summed E-state index contributed by atoms with van der Waals surface area (Å²) in [4.78, 5) is 2.42. The maximum Gasteiger partial charge on any atom is 0.211 e. The molecule has 3 aromatic rings. The molecule has 0 bridgehead atoms. The number of fused-ring (bicyclic) bond motifs is 1. The van der Waals surface area contributed by atoms with Crippen molar-refractivity contribution in [2.45, 2.75) is 32.4 Å². The molecule has 1 fully saturated rings. The minimum Gasteiger partial charge on any atom is -0.379 e. The Hall–Kier alpha value is -2.67. The average molecular weight is 553 g/mol. The van der Waals surface area contributed by atoms with Crippen molar-refractivity contribution in [2.24, 2.45) is 0 Å². The fourth-order valence-corrected chi connectivity index (χ4v) is 5.99. The van der Waals surface area contributed by atoms with Gasteiger partial charge in [0.25, 0.3) is 0 Å². The number of hydrogen-bond donors (Lipinski definition) is 0. The highest BCUT2D eigenvalue weighted by Gasteiger charge is 2.29. The SMILES string of the molecule is CS(=O)(=O)N1CCc2c(c(-c3ccc(Cl)c(C#CCc4ccccc4)c3)nn2CCCN2CCOCC2)C1. The van der Waals surface area contributed by atoms with Gasteiger partial charge in [-0.15, -0.1) is 0 Å². The van der Waals surface area contributed by atoms with Gasteiger partial charge in [0.1, 0.15) is 0 Å². The number of morpholine rings is 1. The predicted octanol–water partition coefficient (Wildman–Crippen LogP) is 3.84. The topological polar surface area (TPSA) is 67.7 Å². The van der Waals surface area contributed by atoms with E-state index in [1.165, 1.54) is 10.6 Å². The number of hydrogen-bond acceptors (Lipinski definition) is 5. The molecule has 200 valence electrons. The molecule has 2 aromatic carbocycles. The highest BCUT2D eigenvalue weighted by Crippen LogP contribution is 2.33. The van der Waals surface area contributed by atoms with Crippen LogP contribution in [0.15, 0.2) is 48.5 Å². The van der Waals surface area contributed by atoms with Crippen molar-refractivity contribution in [1.29, 1.82) is 0 Å². The van der Waals surface area contributed by atoms with Crippen molar-refractivity contribution in [1.82, 2.24) is 19.0 Å². The molecule has 5 rings (SSSR count). The van der Waals surface area contributed by atoms with E-state index in [9.17, 15) is 8.42 Å². The summed E-state index contributed by atoms with van der Waals surface area (Å²) in [6.07, 6.45) is 3.52. The first kappa shape index (κ1) is 26.9. The Labute approximate surface area is 230 Å². The standard InChI is InChI=1S/C29H33ClN4O3S/c1-38(35,36)33-16-13-28-26(22-33)29(31-34(28)15-6-14-32-17-19-37-20-18-32)25-11-12-27(30)24(21-25)10-5-9-23-7-3-2-4-8-23/h2-4,7-8,11-12,21H,6,9,13-20,22H2,1H3. The second-order valence-electron chi connectivity index (χ2n) is 9.81.